The number of nitrogens with one attached hydrogen (secondary N) is 3. The smallest absolute Gasteiger partial charge is 0.323 e. The Labute approximate surface area is 357 Å². The molecule has 1 aromatic heterocycles. The van der Waals surface area contributed by atoms with Gasteiger partial charge in [0.25, 0.3) is 23.8 Å². The van der Waals surface area contributed by atoms with Crippen molar-refractivity contribution in [2.24, 2.45) is 7.05 Å². The van der Waals surface area contributed by atoms with E-state index in [-0.39, 0.29) is 67.4 Å². The number of carbonyl (C=O) groups excluding carboxylic acids is 7. The number of rotatable bonds is 17. The van der Waals surface area contributed by atoms with Crippen molar-refractivity contribution in [3.63, 3.8) is 0 Å². The molecule has 0 spiro atoms. The first kappa shape index (κ1) is 44.7. The molecule has 0 saturated carbocycles. The average Bonchev–Trinajstić information content (AvgIpc) is 3.50. The third kappa shape index (κ3) is 9.40. The van der Waals surface area contributed by atoms with Crippen LogP contribution in [-0.4, -0.2) is 147 Å². The minimum Gasteiger partial charge on any atom is -0.496 e. The van der Waals surface area contributed by atoms with Gasteiger partial charge in [-0.25, -0.2) is 4.79 Å². The van der Waals surface area contributed by atoms with E-state index >= 15 is 0 Å². The molecule has 20 heteroatoms. The number of piperidine rings is 1. The third-order valence-corrected chi connectivity index (χ3v) is 10.9. The summed E-state index contributed by atoms with van der Waals surface area (Å²) in [5.41, 5.74) is 3.49. The van der Waals surface area contributed by atoms with Crippen LogP contribution in [0.2, 0.25) is 0 Å². The molecule has 0 aliphatic carbocycles. The van der Waals surface area contributed by atoms with E-state index in [1.165, 1.54) is 22.8 Å². The van der Waals surface area contributed by atoms with Crippen molar-refractivity contribution < 1.29 is 52.5 Å². The summed E-state index contributed by atoms with van der Waals surface area (Å²) in [6.45, 7) is 2.15. The summed E-state index contributed by atoms with van der Waals surface area (Å²) in [7, 11) is 10.6. The topological polar surface area (TPSA) is 227 Å². The zero-order chi connectivity index (χ0) is 44.8. The van der Waals surface area contributed by atoms with Gasteiger partial charge < -0.3 is 48.8 Å². The van der Waals surface area contributed by atoms with Crippen LogP contribution >= 0.6 is 0 Å². The lowest BCUT2D eigenvalue weighted by Crippen LogP contribution is -2.54. The van der Waals surface area contributed by atoms with Gasteiger partial charge in [-0.2, -0.15) is 0 Å². The molecule has 1 fully saturated rings. The highest BCUT2D eigenvalue weighted by Gasteiger charge is 2.46. The zero-order valence-corrected chi connectivity index (χ0v) is 35.4. The summed E-state index contributed by atoms with van der Waals surface area (Å²) in [5.74, 6) is -2.69. The molecule has 2 aromatic carbocycles. The maximum absolute atomic E-state index is 13.4. The van der Waals surface area contributed by atoms with Crippen LogP contribution < -0.4 is 35.7 Å². The summed E-state index contributed by atoms with van der Waals surface area (Å²) in [5, 5.41) is 7.63. The molecule has 1 saturated heterocycles. The molecule has 2 atom stereocenters. The number of benzene rings is 2. The molecule has 20 nitrogen and oxygen atoms in total. The Morgan fingerprint density at radius 1 is 0.919 bits per heavy atom. The Morgan fingerprint density at radius 2 is 1.61 bits per heavy atom. The van der Waals surface area contributed by atoms with Crippen LogP contribution in [0.25, 0.3) is 11.1 Å². The van der Waals surface area contributed by atoms with E-state index in [0.29, 0.717) is 49.7 Å². The van der Waals surface area contributed by atoms with Gasteiger partial charge >= 0.3 is 18.2 Å². The van der Waals surface area contributed by atoms with Gasteiger partial charge in [-0.05, 0) is 69.4 Å². The number of ether oxygens (including phenoxy) is 4. The summed E-state index contributed by atoms with van der Waals surface area (Å²) in [6, 6.07) is 6.41. The highest BCUT2D eigenvalue weighted by molar-refractivity contribution is 6.24. The van der Waals surface area contributed by atoms with Crippen molar-refractivity contribution in [3.05, 3.63) is 74.7 Å². The number of amides is 7. The second kappa shape index (κ2) is 19.3. The summed E-state index contributed by atoms with van der Waals surface area (Å²) in [6.07, 6.45) is 0.312. The molecule has 330 valence electrons. The van der Waals surface area contributed by atoms with Crippen LogP contribution in [0.5, 0.6) is 17.2 Å². The fourth-order valence-corrected chi connectivity index (χ4v) is 7.76. The quantitative estimate of drug-likeness (QED) is 0.0939. The predicted octanol–water partition coefficient (Wildman–Crippen LogP) is 0.226. The number of urea groups is 1. The maximum Gasteiger partial charge on any atom is 0.323 e. The lowest BCUT2D eigenvalue weighted by Gasteiger charge is -2.30. The van der Waals surface area contributed by atoms with E-state index in [2.05, 4.69) is 16.0 Å². The number of pyridine rings is 1. The van der Waals surface area contributed by atoms with Crippen LogP contribution in [0.3, 0.4) is 0 Å². The number of aryl methyl sites for hydroxylation is 1. The number of nitrogens with zero attached hydrogens (tertiary/aromatic N) is 5. The molecule has 3 aliphatic heterocycles. The minimum atomic E-state index is -1.84. The minimum absolute atomic E-state index is 0.00249. The van der Waals surface area contributed by atoms with Crippen molar-refractivity contribution in [1.29, 1.82) is 0 Å². The van der Waals surface area contributed by atoms with Crippen molar-refractivity contribution in [2.45, 2.75) is 44.7 Å². The number of imide groups is 2. The number of methoxy groups -OCH3 is 2. The molecule has 3 aromatic rings. The Kier molecular flexibility index (Phi) is 13.9. The van der Waals surface area contributed by atoms with Crippen molar-refractivity contribution >= 4 is 42.0 Å². The average molecular weight is 859 g/mol. The lowest BCUT2D eigenvalue weighted by molar-refractivity contribution is -0.162. The molecule has 4 heterocycles. The van der Waals surface area contributed by atoms with Crippen molar-refractivity contribution in [2.75, 3.05) is 68.1 Å². The van der Waals surface area contributed by atoms with E-state index in [9.17, 15) is 38.4 Å². The molecular weight excluding hydrogens is 809 g/mol. The number of likely N-dealkylation sites (N-methyl/N-ethyl adjacent to an activating group) is 1. The number of fused-ring (bicyclic) bond motifs is 2. The molecule has 7 amide bonds. The fraction of sp³-hybridized carbons (Fsp3) is 0.429. The van der Waals surface area contributed by atoms with Gasteiger partial charge in [0.1, 0.15) is 23.3 Å². The van der Waals surface area contributed by atoms with E-state index in [0.717, 1.165) is 27.2 Å². The summed E-state index contributed by atoms with van der Waals surface area (Å²) >= 11 is 0. The number of aromatic nitrogens is 1. The second-order valence-corrected chi connectivity index (χ2v) is 15.3. The largest absolute Gasteiger partial charge is 0.496 e. The Morgan fingerprint density at radius 3 is 2.26 bits per heavy atom. The first-order chi connectivity index (χ1) is 29.7. The van der Waals surface area contributed by atoms with Gasteiger partial charge in [0.15, 0.2) is 0 Å². The van der Waals surface area contributed by atoms with E-state index in [1.807, 2.05) is 36.0 Å². The summed E-state index contributed by atoms with van der Waals surface area (Å²) < 4.78 is 23.5. The highest BCUT2D eigenvalue weighted by atomic mass is 16.7. The number of carbonyl (C=O) groups is 7. The monoisotopic (exact) mass is 858 g/mol. The SMILES string of the molecule is COc1cc(-c2cn(C)c(=O)c3c2CCN(C(=O)NCCN(C)CCNC(=O)C(OC=O)Oc2cccc4c2C(=O)N(C2CCC(=O)NC2=O)C4=O)C3)cc(OC)c1CN(C)C. The first-order valence-electron chi connectivity index (χ1n) is 19.9. The highest BCUT2D eigenvalue weighted by Crippen LogP contribution is 2.38. The standard InChI is InChI=1S/C42H50N8O12/c1-46(2)20-29-32(59-5)18-24(19-33(29)60-6)27-21-48(4)38(55)28-22-49(15-12-25(27)28)42(58)44-14-17-47(3)16-13-43-37(54)41(61-23-51)62-31-9-7-8-26-35(31)40(57)50(39(26)56)30-10-11-34(52)45-36(30)53/h7-9,18-19,21,23,30,41H,10-17,20,22H2,1-6H3,(H,43,54)(H,44,58)(H,45,52,53). The van der Waals surface area contributed by atoms with E-state index < -0.39 is 41.9 Å². The Balaban J connectivity index is 1.01. The Bertz CT molecular complexity index is 2320. The molecule has 3 N–H and O–H groups in total. The van der Waals surface area contributed by atoms with Crippen LogP contribution in [0, 0.1) is 0 Å². The van der Waals surface area contributed by atoms with Gasteiger partial charge in [-0.1, -0.05) is 6.07 Å². The van der Waals surface area contributed by atoms with Gasteiger partial charge in [0.05, 0.1) is 37.5 Å². The molecule has 0 radical (unpaired) electrons. The molecule has 2 unspecified atom stereocenters. The molecular formula is C42H50N8O12. The summed E-state index contributed by atoms with van der Waals surface area (Å²) in [4.78, 5) is 108. The molecule has 0 bridgehead atoms. The number of hydrogen-bond acceptors (Lipinski definition) is 14. The maximum atomic E-state index is 13.4. The van der Waals surface area contributed by atoms with E-state index in [1.54, 1.807) is 39.4 Å². The fourth-order valence-electron chi connectivity index (χ4n) is 7.76. The normalized spacial score (nSPS) is 16.4. The van der Waals surface area contributed by atoms with Crippen LogP contribution in [0.15, 0.2) is 41.3 Å². The second-order valence-electron chi connectivity index (χ2n) is 15.3. The number of hydrogen-bond donors (Lipinski definition) is 3. The first-order valence-corrected chi connectivity index (χ1v) is 19.9. The van der Waals surface area contributed by atoms with Gasteiger partial charge in [0.2, 0.25) is 11.8 Å². The zero-order valence-electron chi connectivity index (χ0n) is 35.4. The third-order valence-electron chi connectivity index (χ3n) is 10.9. The lowest BCUT2D eigenvalue weighted by atomic mass is 9.91. The van der Waals surface area contributed by atoms with Crippen LogP contribution in [0.1, 0.15) is 50.2 Å². The van der Waals surface area contributed by atoms with Gasteiger partial charge in [-0.3, -0.25) is 43.8 Å². The molecule has 3 aliphatic rings. The van der Waals surface area contributed by atoms with Gasteiger partial charge in [-0.15, -0.1) is 0 Å². The van der Waals surface area contributed by atoms with Crippen molar-refractivity contribution in [3.8, 4) is 28.4 Å². The molecule has 6 rings (SSSR count). The van der Waals surface area contributed by atoms with Gasteiger partial charge in [0, 0.05) is 70.1 Å². The van der Waals surface area contributed by atoms with Crippen molar-refractivity contribution in [1.82, 2.24) is 40.1 Å². The Hall–Kier alpha value is -6.80. The molecule has 62 heavy (non-hydrogen) atoms. The van der Waals surface area contributed by atoms with Crippen LogP contribution in [-0.2, 0) is 50.5 Å². The van der Waals surface area contributed by atoms with E-state index in [4.69, 9.17) is 18.9 Å². The predicted molar refractivity (Wildman–Crippen MR) is 220 cm³/mol. The van der Waals surface area contributed by atoms with Crippen LogP contribution in [0.4, 0.5) is 4.79 Å².